The monoisotopic (exact) mass is 250 g/mol. The van der Waals surface area contributed by atoms with Gasteiger partial charge in [0, 0.05) is 0 Å². The number of benzene rings is 1. The highest BCUT2D eigenvalue weighted by Gasteiger charge is 2.14. The maximum Gasteiger partial charge on any atom is 0.338 e. The first kappa shape index (κ1) is 14.6. The van der Waals surface area contributed by atoms with Crippen molar-refractivity contribution in [1.82, 2.24) is 0 Å². The first-order chi connectivity index (χ1) is 8.43. The minimum Gasteiger partial charge on any atom is -0.491 e. The van der Waals surface area contributed by atoms with Crippen molar-refractivity contribution >= 4 is 5.97 Å². The molecule has 1 rings (SSSR count). The zero-order chi connectivity index (χ0) is 13.7. The Hall–Kier alpha value is -1.51. The Balaban J connectivity index is 2.96. The predicted octanol–water partition coefficient (Wildman–Crippen LogP) is 3.60. The van der Waals surface area contributed by atoms with E-state index in [1.165, 1.54) is 0 Å². The second kappa shape index (κ2) is 6.43. The fourth-order valence-electron chi connectivity index (χ4n) is 1.68. The smallest absolute Gasteiger partial charge is 0.338 e. The van der Waals surface area contributed by atoms with Gasteiger partial charge in [-0.2, -0.15) is 0 Å². The summed E-state index contributed by atoms with van der Waals surface area (Å²) in [6, 6.07) is 5.51. The van der Waals surface area contributed by atoms with Crippen molar-refractivity contribution in [3.8, 4) is 5.75 Å². The molecule has 3 nitrogen and oxygen atoms in total. The molecule has 18 heavy (non-hydrogen) atoms. The first-order valence-electron chi connectivity index (χ1n) is 6.44. The van der Waals surface area contributed by atoms with Gasteiger partial charge in [-0.15, -0.1) is 0 Å². The van der Waals surface area contributed by atoms with Crippen molar-refractivity contribution < 1.29 is 14.3 Å². The largest absolute Gasteiger partial charge is 0.491 e. The van der Waals surface area contributed by atoms with E-state index in [2.05, 4.69) is 0 Å². The van der Waals surface area contributed by atoms with Crippen LogP contribution < -0.4 is 4.74 Å². The van der Waals surface area contributed by atoms with E-state index in [1.807, 2.05) is 46.8 Å². The summed E-state index contributed by atoms with van der Waals surface area (Å²) >= 11 is 0. The summed E-state index contributed by atoms with van der Waals surface area (Å²) in [6.07, 6.45) is 0.801. The van der Waals surface area contributed by atoms with Gasteiger partial charge in [-0.1, -0.05) is 6.92 Å². The van der Waals surface area contributed by atoms with Gasteiger partial charge in [-0.05, 0) is 57.9 Å². The summed E-state index contributed by atoms with van der Waals surface area (Å²) in [7, 11) is 0. The molecule has 0 aromatic heterocycles. The van der Waals surface area contributed by atoms with Crippen LogP contribution in [0, 0.1) is 0 Å². The Morgan fingerprint density at radius 3 is 2.33 bits per heavy atom. The van der Waals surface area contributed by atoms with Crippen LogP contribution in [0.2, 0.25) is 0 Å². The molecule has 0 spiro atoms. The molecule has 0 fully saturated rings. The summed E-state index contributed by atoms with van der Waals surface area (Å²) in [5.41, 5.74) is 1.58. The lowest BCUT2D eigenvalue weighted by molar-refractivity contribution is 0.0376. The summed E-state index contributed by atoms with van der Waals surface area (Å²) in [5.74, 6) is 0.529. The maximum atomic E-state index is 11.9. The zero-order valence-corrected chi connectivity index (χ0v) is 11.8. The fraction of sp³-hybridized carbons (Fsp3) is 0.533. The molecule has 0 bridgehead atoms. The molecule has 0 saturated heterocycles. The van der Waals surface area contributed by atoms with Crippen molar-refractivity contribution in [2.24, 2.45) is 0 Å². The van der Waals surface area contributed by atoms with E-state index in [4.69, 9.17) is 9.47 Å². The molecular formula is C15H22O3. The van der Waals surface area contributed by atoms with E-state index in [-0.39, 0.29) is 18.2 Å². The van der Waals surface area contributed by atoms with Gasteiger partial charge in [0.05, 0.1) is 17.8 Å². The van der Waals surface area contributed by atoms with Crippen LogP contribution in [-0.4, -0.2) is 18.2 Å². The van der Waals surface area contributed by atoms with Gasteiger partial charge in [0.1, 0.15) is 5.75 Å². The molecule has 0 aliphatic heterocycles. The van der Waals surface area contributed by atoms with Crippen LogP contribution in [0.4, 0.5) is 0 Å². The molecule has 0 saturated carbocycles. The molecule has 0 radical (unpaired) electrons. The van der Waals surface area contributed by atoms with E-state index >= 15 is 0 Å². The lowest BCUT2D eigenvalue weighted by Crippen LogP contribution is -2.14. The molecule has 100 valence electrons. The highest BCUT2D eigenvalue weighted by molar-refractivity contribution is 5.91. The summed E-state index contributed by atoms with van der Waals surface area (Å²) < 4.78 is 10.8. The van der Waals surface area contributed by atoms with Crippen molar-refractivity contribution in [1.29, 1.82) is 0 Å². The third kappa shape index (κ3) is 4.06. The molecule has 3 heteroatoms. The Bertz CT molecular complexity index is 408. The van der Waals surface area contributed by atoms with E-state index in [1.54, 1.807) is 6.07 Å². The number of carbonyl (C=O) groups excluding carboxylic acids is 1. The number of hydrogen-bond donors (Lipinski definition) is 0. The molecule has 0 amide bonds. The average molecular weight is 250 g/mol. The molecular weight excluding hydrogens is 228 g/mol. The van der Waals surface area contributed by atoms with Crippen LogP contribution in [0.3, 0.4) is 0 Å². The van der Waals surface area contributed by atoms with Gasteiger partial charge in [0.25, 0.3) is 0 Å². The van der Waals surface area contributed by atoms with E-state index in [9.17, 15) is 4.79 Å². The fourth-order valence-corrected chi connectivity index (χ4v) is 1.68. The van der Waals surface area contributed by atoms with E-state index in [0.717, 1.165) is 17.7 Å². The third-order valence-electron chi connectivity index (χ3n) is 2.39. The van der Waals surface area contributed by atoms with Gasteiger partial charge >= 0.3 is 5.97 Å². The summed E-state index contributed by atoms with van der Waals surface area (Å²) in [4.78, 5) is 11.9. The highest BCUT2D eigenvalue weighted by atomic mass is 16.5. The summed E-state index contributed by atoms with van der Waals surface area (Å²) in [5, 5.41) is 0. The molecule has 1 aromatic carbocycles. The lowest BCUT2D eigenvalue weighted by Gasteiger charge is -2.14. The lowest BCUT2D eigenvalue weighted by atomic mass is 10.0. The number of esters is 1. The number of aryl methyl sites for hydroxylation is 1. The van der Waals surface area contributed by atoms with Crippen molar-refractivity contribution in [2.75, 3.05) is 0 Å². The number of hydrogen-bond acceptors (Lipinski definition) is 3. The molecule has 0 atom stereocenters. The minimum atomic E-state index is -0.266. The topological polar surface area (TPSA) is 35.5 Å². The first-order valence-corrected chi connectivity index (χ1v) is 6.44. The Labute approximate surface area is 109 Å². The van der Waals surface area contributed by atoms with Crippen molar-refractivity contribution in [3.05, 3.63) is 29.3 Å². The molecule has 0 aliphatic rings. The predicted molar refractivity (Wildman–Crippen MR) is 72.1 cm³/mol. The van der Waals surface area contributed by atoms with Crippen LogP contribution in [0.15, 0.2) is 18.2 Å². The standard InChI is InChI=1S/C15H22O3/c1-6-12-9-13(17-10(2)3)7-8-14(12)15(16)18-11(4)5/h7-11H,6H2,1-5H3. The molecule has 0 unspecified atom stereocenters. The molecule has 0 heterocycles. The zero-order valence-electron chi connectivity index (χ0n) is 11.8. The number of ether oxygens (including phenoxy) is 2. The van der Waals surface area contributed by atoms with Crippen molar-refractivity contribution in [3.63, 3.8) is 0 Å². The van der Waals surface area contributed by atoms with Gasteiger partial charge in [-0.25, -0.2) is 4.79 Å². The van der Waals surface area contributed by atoms with Gasteiger partial charge in [0.15, 0.2) is 0 Å². The second-order valence-corrected chi connectivity index (χ2v) is 4.79. The van der Waals surface area contributed by atoms with Crippen molar-refractivity contribution in [2.45, 2.75) is 53.2 Å². The maximum absolute atomic E-state index is 11.9. The van der Waals surface area contributed by atoms with Gasteiger partial charge < -0.3 is 9.47 Å². The highest BCUT2D eigenvalue weighted by Crippen LogP contribution is 2.20. The minimum absolute atomic E-state index is 0.103. The Kier molecular flexibility index (Phi) is 5.20. The average Bonchev–Trinajstić information content (AvgIpc) is 2.26. The van der Waals surface area contributed by atoms with Gasteiger partial charge in [0.2, 0.25) is 0 Å². The third-order valence-corrected chi connectivity index (χ3v) is 2.39. The second-order valence-electron chi connectivity index (χ2n) is 4.79. The van der Waals surface area contributed by atoms with Crippen LogP contribution in [-0.2, 0) is 11.2 Å². The van der Waals surface area contributed by atoms with Crippen LogP contribution in [0.5, 0.6) is 5.75 Å². The molecule has 1 aromatic rings. The number of carbonyl (C=O) groups is 1. The SMILES string of the molecule is CCc1cc(OC(C)C)ccc1C(=O)OC(C)C. The quantitative estimate of drug-likeness (QED) is 0.749. The summed E-state index contributed by atoms with van der Waals surface area (Å²) in [6.45, 7) is 9.67. The van der Waals surface area contributed by atoms with Gasteiger partial charge in [-0.3, -0.25) is 0 Å². The van der Waals surface area contributed by atoms with E-state index in [0.29, 0.717) is 5.56 Å². The van der Waals surface area contributed by atoms with Crippen LogP contribution in [0.25, 0.3) is 0 Å². The van der Waals surface area contributed by atoms with Crippen LogP contribution in [0.1, 0.15) is 50.5 Å². The molecule has 0 aliphatic carbocycles. The number of rotatable bonds is 5. The van der Waals surface area contributed by atoms with E-state index < -0.39 is 0 Å². The molecule has 0 N–H and O–H groups in total. The Morgan fingerprint density at radius 2 is 1.83 bits per heavy atom. The Morgan fingerprint density at radius 1 is 1.17 bits per heavy atom. The van der Waals surface area contributed by atoms with Crippen LogP contribution >= 0.6 is 0 Å². The normalized spacial score (nSPS) is 10.8.